The van der Waals surface area contributed by atoms with E-state index in [-0.39, 0.29) is 54.7 Å². The fourth-order valence-electron chi connectivity index (χ4n) is 18.0. The molecule has 2 unspecified atom stereocenters. The minimum atomic E-state index is -0.159. The molecule has 8 aromatic carbocycles. The summed E-state index contributed by atoms with van der Waals surface area (Å²) in [7, 11) is 0. The molecule has 6 aliphatic rings. The number of halogens is 2. The van der Waals surface area contributed by atoms with Crippen LogP contribution in [0.3, 0.4) is 0 Å². The van der Waals surface area contributed by atoms with Crippen LogP contribution in [0.4, 0.5) is 63.3 Å². The molecule has 6 saturated heterocycles. The highest BCUT2D eigenvalue weighted by Gasteiger charge is 2.28. The number of hydrogen-bond acceptors (Lipinski definition) is 30. The quantitative estimate of drug-likeness (QED) is 0.0151. The number of ether oxygens (including phenoxy) is 6. The van der Waals surface area contributed by atoms with Gasteiger partial charge >= 0.3 is 0 Å². The number of carbonyl (C=O) groups excluding carboxylic acids is 4. The van der Waals surface area contributed by atoms with E-state index in [1.165, 1.54) is 30.0 Å². The van der Waals surface area contributed by atoms with Gasteiger partial charge in [0.05, 0.1) is 116 Å². The monoisotopic (exact) mass is 2010 g/mol. The first kappa shape index (κ1) is 103. The van der Waals surface area contributed by atoms with Crippen LogP contribution in [0.2, 0.25) is 10.4 Å². The lowest BCUT2D eigenvalue weighted by Gasteiger charge is -2.29. The Balaban J connectivity index is 0.000000129. The summed E-state index contributed by atoms with van der Waals surface area (Å²) in [5.41, 5.74) is 26.1. The zero-order valence-corrected chi connectivity index (χ0v) is 82.3. The number of rotatable bonds is 28. The van der Waals surface area contributed by atoms with Crippen molar-refractivity contribution in [2.24, 2.45) is 0 Å². The number of aromatic amines is 2. The number of morpholine rings is 4. The summed E-state index contributed by atoms with van der Waals surface area (Å²) in [5.74, 6) is 1.22. The number of ketones is 4. The van der Waals surface area contributed by atoms with Gasteiger partial charge in [0.15, 0.2) is 58.2 Å². The molecular weight excluding hydrogens is 1900 g/mol. The highest BCUT2D eigenvalue weighted by atomic mass is 35.5. The van der Waals surface area contributed by atoms with Gasteiger partial charge in [0, 0.05) is 159 Å². The van der Waals surface area contributed by atoms with Crippen molar-refractivity contribution < 1.29 is 47.6 Å². The number of allylic oxidation sites excluding steroid dienone is 4. The Bertz CT molecular complexity index is 7360. The van der Waals surface area contributed by atoms with Crippen LogP contribution >= 0.6 is 23.2 Å². The summed E-state index contributed by atoms with van der Waals surface area (Å²) in [4.78, 5) is 94.0. The number of fused-ring (bicyclic) bond motifs is 4. The number of hydrogen-bond donors (Lipinski definition) is 6. The smallest absolute Gasteiger partial charge is 0.229 e. The number of aromatic nitrogens is 16. The van der Waals surface area contributed by atoms with Crippen molar-refractivity contribution in [3.63, 3.8) is 0 Å². The van der Waals surface area contributed by atoms with Crippen molar-refractivity contribution in [2.45, 2.75) is 84.1 Å². The molecule has 36 heteroatoms. The molecule has 0 bridgehead atoms. The molecule has 147 heavy (non-hydrogen) atoms. The lowest BCUT2D eigenvalue weighted by Crippen LogP contribution is -2.36. The second-order valence-electron chi connectivity index (χ2n) is 35.4. The molecule has 0 radical (unpaired) electrons. The molecule has 6 aliphatic heterocycles. The van der Waals surface area contributed by atoms with E-state index in [9.17, 15) is 19.2 Å². The number of nitrogens with two attached hydrogens (primary N) is 1. The molecule has 6 fully saturated rings. The van der Waals surface area contributed by atoms with Crippen LogP contribution in [0.1, 0.15) is 80.7 Å². The summed E-state index contributed by atoms with van der Waals surface area (Å²) < 4.78 is 37.3. The summed E-state index contributed by atoms with van der Waals surface area (Å²) in [6.07, 6.45) is 17.6. The van der Waals surface area contributed by atoms with Crippen LogP contribution in [-0.4, -0.2) is 221 Å². The summed E-state index contributed by atoms with van der Waals surface area (Å²) in [5, 5.41) is 37.0. The van der Waals surface area contributed by atoms with Gasteiger partial charge in [-0.1, -0.05) is 142 Å². The summed E-state index contributed by atoms with van der Waals surface area (Å²) in [6.45, 7) is 28.8. The van der Waals surface area contributed by atoms with E-state index < -0.39 is 0 Å². The van der Waals surface area contributed by atoms with Gasteiger partial charge in [-0.3, -0.25) is 29.4 Å². The Morgan fingerprint density at radius 3 is 1.15 bits per heavy atom. The van der Waals surface area contributed by atoms with Crippen molar-refractivity contribution >= 4 is 154 Å². The van der Waals surface area contributed by atoms with Crippen LogP contribution in [0, 0.1) is 0 Å². The SMILES string of the molecule is C.C=CC(=O)Cc1cccc(-c2nc(Cl)nc3c2cnn3C2CCCCO2)c1.C=CC(=O)Cc1cccc(-c2nc(Nc3cccc(N4CCOCC4)c3)nc3[nH]ncc23)c1.C=CC(=O)Cc1cccc(-c2nc(Nc3cccc(N4CCOCC4)c3)nc3c2cnn3C2CCCCO2)c1.C=CC(=O)Cc1cccc(-c2nc(Nc3cccc(N4CCOCC4)c3)nc3n[nH]c(Cl)c23)c1.Nc1cccc(N2CCOCC2)c1. The van der Waals surface area contributed by atoms with Crippen molar-refractivity contribution in [1.82, 2.24) is 79.8 Å². The Hall–Kier alpha value is -15.7. The molecule has 22 rings (SSSR count). The number of carbonyl (C=O) groups is 4. The normalized spacial score (nSPS) is 15.7. The fraction of sp³-hybridized carbons (Fsp3) is 0.279. The zero-order valence-electron chi connectivity index (χ0n) is 80.8. The minimum Gasteiger partial charge on any atom is -0.399 e. The first-order chi connectivity index (χ1) is 71.5. The highest BCUT2D eigenvalue weighted by Crippen LogP contribution is 2.39. The number of nitrogens with one attached hydrogen (secondary N) is 5. The van der Waals surface area contributed by atoms with E-state index in [0.29, 0.717) is 88.2 Å². The standard InChI is InChI=1S/C30H32N6O3.C25H23ClN6O2.C25H24N6O2.C20H19ClN4O2.C10H14N2O.CH4/c1-2-25(37)18-21-7-5-8-22(17-21)28-26-20-31-36(27-11-3-4-14-39-27)29(26)34-30(33-28)32-23-9-6-10-24(19-23)35-12-15-38-16-13-35;1-2-20(33)14-16-5-3-6-17(13-16)22-21-23(26)30-31-24(21)29-25(28-22)27-18-7-4-8-19(15-18)32-9-11-34-12-10-32;1-2-21(32)14-17-5-3-6-18(13-17)23-22-16-26-30-24(22)29-25(28-23)27-19-7-4-8-20(15-19)31-9-11-33-12-10-31;1-2-15(26)11-13-6-5-7-14(10-13)18-16-12-22-25(17-8-3-4-9-27-17)19(16)24-20(21)23-18;11-9-2-1-3-10(8-9)12-4-6-13-7-5-12;/h2,5-10,17,19-20,27H,1,3-4,11-16,18H2,(H,32,33,34);2-8,13,15H,1,9-12,14H2,(H2,27,28,29,30,31);2-8,13,15-16H,1,9-12,14H2,(H2,26,27,28,29,30);2,5-7,10,12,17H,1,3-4,8-9,11H2;1-3,8H,4-7,11H2;1H4. The molecule has 0 saturated carbocycles. The van der Waals surface area contributed by atoms with Gasteiger partial charge in [-0.2, -0.15) is 40.3 Å². The Labute approximate surface area is 860 Å². The molecule has 0 spiro atoms. The van der Waals surface area contributed by atoms with Gasteiger partial charge in [0.25, 0.3) is 0 Å². The summed E-state index contributed by atoms with van der Waals surface area (Å²) in [6, 6.07) is 63.6. The predicted octanol–water partition coefficient (Wildman–Crippen LogP) is 19.4. The van der Waals surface area contributed by atoms with Gasteiger partial charge in [-0.25, -0.2) is 29.3 Å². The zero-order chi connectivity index (χ0) is 101. The molecule has 34 nitrogen and oxygen atoms in total. The van der Waals surface area contributed by atoms with E-state index in [2.05, 4.69) is 155 Å². The van der Waals surface area contributed by atoms with Crippen LogP contribution in [-0.2, 0) is 73.3 Å². The van der Waals surface area contributed by atoms with Gasteiger partial charge in [-0.15, -0.1) is 0 Å². The molecule has 16 aromatic rings. The third-order valence-electron chi connectivity index (χ3n) is 25.3. The molecule has 7 N–H and O–H groups in total. The lowest BCUT2D eigenvalue weighted by atomic mass is 10.0. The predicted molar refractivity (Wildman–Crippen MR) is 578 cm³/mol. The average Bonchev–Trinajstić information content (AvgIpc) is 1.62. The number of benzene rings is 8. The van der Waals surface area contributed by atoms with Crippen LogP contribution < -0.4 is 41.3 Å². The van der Waals surface area contributed by atoms with Gasteiger partial charge < -0.3 is 69.7 Å². The Kier molecular flexibility index (Phi) is 34.8. The Morgan fingerprint density at radius 2 is 0.748 bits per heavy atom. The molecule has 14 heterocycles. The maximum atomic E-state index is 12.0. The number of H-pyrrole nitrogens is 2. The highest BCUT2D eigenvalue weighted by molar-refractivity contribution is 6.35. The van der Waals surface area contributed by atoms with E-state index in [4.69, 9.17) is 77.3 Å². The van der Waals surface area contributed by atoms with Crippen molar-refractivity contribution in [2.75, 3.05) is 160 Å². The van der Waals surface area contributed by atoms with E-state index in [1.807, 2.05) is 163 Å². The lowest BCUT2D eigenvalue weighted by molar-refractivity contribution is -0.114. The van der Waals surface area contributed by atoms with Crippen molar-refractivity contribution in [1.29, 1.82) is 0 Å². The molecule has 0 aliphatic carbocycles. The molecule has 8 aromatic heterocycles. The van der Waals surface area contributed by atoms with Crippen LogP contribution in [0.15, 0.2) is 263 Å². The van der Waals surface area contributed by atoms with E-state index in [0.717, 1.165) is 262 Å². The van der Waals surface area contributed by atoms with Crippen molar-refractivity contribution in [3.05, 3.63) is 296 Å². The molecular formula is C111H116Cl2N24O10. The van der Waals surface area contributed by atoms with E-state index >= 15 is 0 Å². The number of nitrogen functional groups attached to an aromatic ring is 1. The van der Waals surface area contributed by atoms with Crippen LogP contribution in [0.5, 0.6) is 0 Å². The Morgan fingerprint density at radius 1 is 0.388 bits per heavy atom. The maximum absolute atomic E-state index is 12.0. The second kappa shape index (κ2) is 49.8. The maximum Gasteiger partial charge on any atom is 0.229 e. The average molecular weight is 2020 g/mol. The topological polar surface area (TPSA) is 395 Å². The third kappa shape index (κ3) is 26.4. The minimum absolute atomic E-state index is 0. The van der Waals surface area contributed by atoms with E-state index in [1.54, 1.807) is 17.1 Å². The van der Waals surface area contributed by atoms with Gasteiger partial charge in [0.2, 0.25) is 23.1 Å². The molecule has 0 amide bonds. The van der Waals surface area contributed by atoms with Crippen molar-refractivity contribution in [3.8, 4) is 45.0 Å². The molecule has 2 atom stereocenters. The largest absolute Gasteiger partial charge is 0.399 e. The molecule has 754 valence electrons. The second-order valence-corrected chi connectivity index (χ2v) is 36.1. The first-order valence-corrected chi connectivity index (χ1v) is 49.5. The van der Waals surface area contributed by atoms with Gasteiger partial charge in [-0.05, 0) is 194 Å². The van der Waals surface area contributed by atoms with Gasteiger partial charge in [0.1, 0.15) is 5.15 Å². The number of nitrogens with zero attached hydrogens (tertiary/aromatic N) is 18. The third-order valence-corrected chi connectivity index (χ3v) is 25.8. The van der Waals surface area contributed by atoms with Crippen LogP contribution in [0.25, 0.3) is 89.2 Å². The number of anilines is 11. The summed E-state index contributed by atoms with van der Waals surface area (Å²) >= 11 is 12.6. The fourth-order valence-corrected chi connectivity index (χ4v) is 18.4. The first-order valence-electron chi connectivity index (χ1n) is 48.8.